The molecular weight excluding hydrogens is 326 g/mol. The minimum absolute atomic E-state index is 0.102. The zero-order valence-electron chi connectivity index (χ0n) is 15.4. The first kappa shape index (κ1) is 18.3. The summed E-state index contributed by atoms with van der Waals surface area (Å²) in [6, 6.07) is 9.89. The molecule has 2 aromatic rings. The van der Waals surface area contributed by atoms with Crippen LogP contribution in [-0.4, -0.2) is 60.0 Å². The number of piperazine rings is 1. The summed E-state index contributed by atoms with van der Waals surface area (Å²) < 4.78 is 0. The van der Waals surface area contributed by atoms with E-state index < -0.39 is 0 Å². The standard InChI is InChI=1S/C20H27N5O/c1-17-6-2-3-7-18(17)16-19(26)21-10-5-11-24-12-14-25(15-13-24)20-22-8-4-9-23-20/h2-4,6-9H,5,10-16H2,1H3,(H,21,26). The average Bonchev–Trinajstić information content (AvgIpc) is 2.68. The zero-order chi connectivity index (χ0) is 18.2. The van der Waals surface area contributed by atoms with Crippen molar-refractivity contribution in [3.63, 3.8) is 0 Å². The van der Waals surface area contributed by atoms with Gasteiger partial charge in [-0.2, -0.15) is 0 Å². The molecule has 1 aliphatic rings. The summed E-state index contributed by atoms with van der Waals surface area (Å²) >= 11 is 0. The number of aromatic nitrogens is 2. The fourth-order valence-electron chi connectivity index (χ4n) is 3.20. The van der Waals surface area contributed by atoms with E-state index in [4.69, 9.17) is 0 Å². The number of aryl methyl sites for hydroxylation is 1. The molecule has 26 heavy (non-hydrogen) atoms. The lowest BCUT2D eigenvalue weighted by Crippen LogP contribution is -2.47. The first-order chi connectivity index (χ1) is 12.7. The molecule has 1 amide bonds. The number of carbonyl (C=O) groups is 1. The van der Waals surface area contributed by atoms with Gasteiger partial charge in [0, 0.05) is 45.1 Å². The fraction of sp³-hybridized carbons (Fsp3) is 0.450. The Bertz CT molecular complexity index is 698. The summed E-state index contributed by atoms with van der Waals surface area (Å²) in [6.45, 7) is 7.70. The summed E-state index contributed by atoms with van der Waals surface area (Å²) in [6.07, 6.45) is 5.01. The van der Waals surface area contributed by atoms with Crippen LogP contribution in [-0.2, 0) is 11.2 Å². The maximum Gasteiger partial charge on any atom is 0.225 e. The van der Waals surface area contributed by atoms with E-state index in [0.29, 0.717) is 6.42 Å². The van der Waals surface area contributed by atoms with Gasteiger partial charge < -0.3 is 10.2 Å². The molecule has 1 N–H and O–H groups in total. The second-order valence-electron chi connectivity index (χ2n) is 6.68. The molecule has 1 aromatic heterocycles. The molecule has 138 valence electrons. The van der Waals surface area contributed by atoms with E-state index in [0.717, 1.165) is 57.2 Å². The summed E-state index contributed by atoms with van der Waals surface area (Å²) in [5.74, 6) is 0.918. The highest BCUT2D eigenvalue weighted by atomic mass is 16.1. The average molecular weight is 353 g/mol. The normalized spacial score (nSPS) is 15.0. The minimum Gasteiger partial charge on any atom is -0.356 e. The highest BCUT2D eigenvalue weighted by Crippen LogP contribution is 2.10. The molecule has 0 bridgehead atoms. The van der Waals surface area contributed by atoms with E-state index in [2.05, 4.69) is 25.1 Å². The van der Waals surface area contributed by atoms with Crippen molar-refractivity contribution >= 4 is 11.9 Å². The van der Waals surface area contributed by atoms with Crippen LogP contribution in [0.2, 0.25) is 0 Å². The van der Waals surface area contributed by atoms with Gasteiger partial charge in [-0.25, -0.2) is 9.97 Å². The third-order valence-corrected chi connectivity index (χ3v) is 4.79. The molecule has 0 radical (unpaired) electrons. The fourth-order valence-corrected chi connectivity index (χ4v) is 3.20. The Hall–Kier alpha value is -2.47. The van der Waals surface area contributed by atoms with Crippen LogP contribution in [0.25, 0.3) is 0 Å². The maximum absolute atomic E-state index is 12.1. The Morgan fingerprint density at radius 2 is 1.81 bits per heavy atom. The topological polar surface area (TPSA) is 61.4 Å². The van der Waals surface area contributed by atoms with Gasteiger partial charge in [0.1, 0.15) is 0 Å². The van der Waals surface area contributed by atoms with Gasteiger partial charge in [-0.3, -0.25) is 9.69 Å². The highest BCUT2D eigenvalue weighted by Gasteiger charge is 2.18. The van der Waals surface area contributed by atoms with E-state index in [-0.39, 0.29) is 5.91 Å². The lowest BCUT2D eigenvalue weighted by Gasteiger charge is -2.34. The lowest BCUT2D eigenvalue weighted by molar-refractivity contribution is -0.120. The molecule has 1 aromatic carbocycles. The maximum atomic E-state index is 12.1. The number of carbonyl (C=O) groups excluding carboxylic acids is 1. The molecule has 0 spiro atoms. The summed E-state index contributed by atoms with van der Waals surface area (Å²) in [5.41, 5.74) is 2.27. The van der Waals surface area contributed by atoms with Gasteiger partial charge in [-0.05, 0) is 37.1 Å². The van der Waals surface area contributed by atoms with Crippen LogP contribution in [0.3, 0.4) is 0 Å². The number of rotatable bonds is 7. The molecule has 6 heteroatoms. The van der Waals surface area contributed by atoms with E-state index in [1.54, 1.807) is 12.4 Å². The smallest absolute Gasteiger partial charge is 0.225 e. The molecule has 2 heterocycles. The number of nitrogens with zero attached hydrogens (tertiary/aromatic N) is 4. The largest absolute Gasteiger partial charge is 0.356 e. The Morgan fingerprint density at radius 3 is 2.54 bits per heavy atom. The number of hydrogen-bond acceptors (Lipinski definition) is 5. The van der Waals surface area contributed by atoms with Gasteiger partial charge in [0.15, 0.2) is 0 Å². The van der Waals surface area contributed by atoms with Gasteiger partial charge in [0.05, 0.1) is 6.42 Å². The van der Waals surface area contributed by atoms with Crippen molar-refractivity contribution in [1.29, 1.82) is 0 Å². The van der Waals surface area contributed by atoms with Crippen molar-refractivity contribution in [3.8, 4) is 0 Å². The van der Waals surface area contributed by atoms with Crippen LogP contribution >= 0.6 is 0 Å². The SMILES string of the molecule is Cc1ccccc1CC(=O)NCCCN1CCN(c2ncccn2)CC1. The first-order valence-corrected chi connectivity index (χ1v) is 9.28. The van der Waals surface area contributed by atoms with Crippen LogP contribution in [0, 0.1) is 6.92 Å². The van der Waals surface area contributed by atoms with E-state index in [1.807, 2.05) is 37.3 Å². The molecule has 0 atom stereocenters. The first-order valence-electron chi connectivity index (χ1n) is 9.28. The van der Waals surface area contributed by atoms with Crippen LogP contribution in [0.4, 0.5) is 5.95 Å². The molecule has 1 aliphatic heterocycles. The monoisotopic (exact) mass is 353 g/mol. The van der Waals surface area contributed by atoms with Gasteiger partial charge in [0.2, 0.25) is 11.9 Å². The molecule has 1 fully saturated rings. The van der Waals surface area contributed by atoms with Crippen molar-refractivity contribution in [3.05, 3.63) is 53.9 Å². The van der Waals surface area contributed by atoms with Crippen LogP contribution < -0.4 is 10.2 Å². The van der Waals surface area contributed by atoms with E-state index >= 15 is 0 Å². The predicted octanol–water partition coefficient (Wildman–Crippen LogP) is 1.66. The van der Waals surface area contributed by atoms with Crippen molar-refractivity contribution in [1.82, 2.24) is 20.2 Å². The summed E-state index contributed by atoms with van der Waals surface area (Å²) in [4.78, 5) is 25.4. The molecule has 0 saturated carbocycles. The number of anilines is 1. The van der Waals surface area contributed by atoms with Crippen molar-refractivity contribution in [2.45, 2.75) is 19.8 Å². The summed E-state index contributed by atoms with van der Waals surface area (Å²) in [5, 5.41) is 3.04. The van der Waals surface area contributed by atoms with Crippen molar-refractivity contribution in [2.75, 3.05) is 44.2 Å². The molecule has 0 aliphatic carbocycles. The molecule has 0 unspecified atom stereocenters. The van der Waals surface area contributed by atoms with Crippen LogP contribution in [0.15, 0.2) is 42.7 Å². The number of benzene rings is 1. The highest BCUT2D eigenvalue weighted by molar-refractivity contribution is 5.78. The molecule has 3 rings (SSSR count). The van der Waals surface area contributed by atoms with Crippen LogP contribution in [0.1, 0.15) is 17.5 Å². The number of amides is 1. The van der Waals surface area contributed by atoms with Gasteiger partial charge in [-0.15, -0.1) is 0 Å². The lowest BCUT2D eigenvalue weighted by atomic mass is 10.1. The van der Waals surface area contributed by atoms with Gasteiger partial charge >= 0.3 is 0 Å². The van der Waals surface area contributed by atoms with E-state index in [9.17, 15) is 4.79 Å². The second-order valence-corrected chi connectivity index (χ2v) is 6.68. The third-order valence-electron chi connectivity index (χ3n) is 4.79. The quantitative estimate of drug-likeness (QED) is 0.767. The Morgan fingerprint density at radius 1 is 1.08 bits per heavy atom. The minimum atomic E-state index is 0.102. The zero-order valence-corrected chi connectivity index (χ0v) is 15.4. The van der Waals surface area contributed by atoms with Crippen LogP contribution in [0.5, 0.6) is 0 Å². The Kier molecular flexibility index (Phi) is 6.55. The summed E-state index contributed by atoms with van der Waals surface area (Å²) in [7, 11) is 0. The molecule has 1 saturated heterocycles. The third kappa shape index (κ3) is 5.26. The van der Waals surface area contributed by atoms with Crippen molar-refractivity contribution in [2.24, 2.45) is 0 Å². The Balaban J connectivity index is 1.31. The number of nitrogens with one attached hydrogen (secondary N) is 1. The second kappa shape index (κ2) is 9.29. The molecule has 6 nitrogen and oxygen atoms in total. The van der Waals surface area contributed by atoms with Gasteiger partial charge in [0.25, 0.3) is 0 Å². The van der Waals surface area contributed by atoms with E-state index in [1.165, 1.54) is 5.56 Å². The molecular formula is C20H27N5O. The number of hydrogen-bond donors (Lipinski definition) is 1. The predicted molar refractivity (Wildman–Crippen MR) is 103 cm³/mol. The van der Waals surface area contributed by atoms with Crippen molar-refractivity contribution < 1.29 is 4.79 Å². The van der Waals surface area contributed by atoms with Gasteiger partial charge in [-0.1, -0.05) is 24.3 Å². The Labute approximate surface area is 155 Å².